The van der Waals surface area contributed by atoms with E-state index in [0.29, 0.717) is 22.6 Å². The number of nitrogens with zero attached hydrogens (tertiary/aromatic N) is 3. The number of aromatic hydroxyl groups is 1. The molecule has 36 heavy (non-hydrogen) atoms. The lowest BCUT2D eigenvalue weighted by Crippen LogP contribution is -2.39. The van der Waals surface area contributed by atoms with Crippen LogP contribution >= 0.6 is 0 Å². The van der Waals surface area contributed by atoms with E-state index in [1.165, 1.54) is 56.5 Å². The summed E-state index contributed by atoms with van der Waals surface area (Å²) in [6.45, 7) is 2.39. The molecular weight excluding hydrogens is 488 g/mol. The summed E-state index contributed by atoms with van der Waals surface area (Å²) in [5.74, 6) is -0.336. The van der Waals surface area contributed by atoms with E-state index < -0.39 is 27.4 Å². The average Bonchev–Trinajstić information content (AvgIpc) is 2.86. The van der Waals surface area contributed by atoms with Crippen LogP contribution in [0.4, 0.5) is 11.4 Å². The van der Waals surface area contributed by atoms with E-state index >= 15 is 0 Å². The molecule has 0 aliphatic rings. The SMILES string of the molecule is COc1ccc(N(CC(=O)N/N=C(/C)c2ccccc2O)S(=O)(=O)c2ccc(C)c([N+](=O)[O-])c2)cc1. The van der Waals surface area contributed by atoms with Crippen LogP contribution in [-0.4, -0.2) is 43.7 Å². The molecular formula is C24H24N4O7S. The van der Waals surface area contributed by atoms with Crippen molar-refractivity contribution in [3.05, 3.63) is 88.0 Å². The molecule has 0 unspecified atom stereocenters. The minimum absolute atomic E-state index is 0.0311. The van der Waals surface area contributed by atoms with Crippen molar-refractivity contribution in [1.29, 1.82) is 0 Å². The fourth-order valence-corrected chi connectivity index (χ4v) is 4.73. The summed E-state index contributed by atoms with van der Waals surface area (Å²) in [6, 6.07) is 15.9. The van der Waals surface area contributed by atoms with Crippen molar-refractivity contribution in [1.82, 2.24) is 5.43 Å². The number of benzene rings is 3. The minimum atomic E-state index is -4.40. The summed E-state index contributed by atoms with van der Waals surface area (Å²) in [4.78, 5) is 23.1. The summed E-state index contributed by atoms with van der Waals surface area (Å²) in [5.41, 5.74) is 3.05. The van der Waals surface area contributed by atoms with Gasteiger partial charge >= 0.3 is 0 Å². The van der Waals surface area contributed by atoms with Crippen LogP contribution in [0.25, 0.3) is 0 Å². The lowest BCUT2D eigenvalue weighted by molar-refractivity contribution is -0.385. The van der Waals surface area contributed by atoms with Gasteiger partial charge in [0.2, 0.25) is 0 Å². The number of aryl methyl sites for hydroxylation is 1. The molecule has 12 heteroatoms. The fourth-order valence-electron chi connectivity index (χ4n) is 3.29. The number of sulfonamides is 1. The highest BCUT2D eigenvalue weighted by molar-refractivity contribution is 7.92. The minimum Gasteiger partial charge on any atom is -0.507 e. The highest BCUT2D eigenvalue weighted by Gasteiger charge is 2.29. The number of phenolic OH excluding ortho intramolecular Hbond substituents is 1. The first-order chi connectivity index (χ1) is 17.0. The number of hydrogen-bond acceptors (Lipinski definition) is 8. The smallest absolute Gasteiger partial charge is 0.273 e. The second-order valence-corrected chi connectivity index (χ2v) is 9.53. The number of carbonyl (C=O) groups is 1. The van der Waals surface area contributed by atoms with E-state index in [0.717, 1.165) is 10.4 Å². The van der Waals surface area contributed by atoms with Crippen LogP contribution in [0.3, 0.4) is 0 Å². The number of nitro benzene ring substituents is 1. The summed E-state index contributed by atoms with van der Waals surface area (Å²) >= 11 is 0. The maximum atomic E-state index is 13.5. The van der Waals surface area contributed by atoms with Crippen LogP contribution in [0.5, 0.6) is 11.5 Å². The first-order valence-electron chi connectivity index (χ1n) is 10.6. The van der Waals surface area contributed by atoms with E-state index in [9.17, 15) is 28.4 Å². The van der Waals surface area contributed by atoms with Crippen LogP contribution in [0.1, 0.15) is 18.1 Å². The molecule has 0 bridgehead atoms. The first kappa shape index (κ1) is 26.2. The van der Waals surface area contributed by atoms with E-state index in [4.69, 9.17) is 4.74 Å². The molecule has 0 fully saturated rings. The fraction of sp³-hybridized carbons (Fsp3) is 0.167. The van der Waals surface area contributed by atoms with Crippen molar-refractivity contribution < 1.29 is 28.0 Å². The van der Waals surface area contributed by atoms with Gasteiger partial charge in [-0.25, -0.2) is 13.8 Å². The zero-order valence-electron chi connectivity index (χ0n) is 19.7. The van der Waals surface area contributed by atoms with Gasteiger partial charge in [-0.3, -0.25) is 19.2 Å². The van der Waals surface area contributed by atoms with Gasteiger partial charge in [-0.2, -0.15) is 5.10 Å². The molecule has 0 radical (unpaired) electrons. The lowest BCUT2D eigenvalue weighted by Gasteiger charge is -2.24. The third kappa shape index (κ3) is 5.78. The molecule has 3 aromatic carbocycles. The number of amides is 1. The molecule has 11 nitrogen and oxygen atoms in total. The quantitative estimate of drug-likeness (QED) is 0.253. The van der Waals surface area contributed by atoms with Crippen LogP contribution in [-0.2, 0) is 14.8 Å². The van der Waals surface area contributed by atoms with Crippen molar-refractivity contribution in [3.63, 3.8) is 0 Å². The Labute approximate surface area is 207 Å². The molecule has 0 atom stereocenters. The van der Waals surface area contributed by atoms with Crippen molar-refractivity contribution in [2.75, 3.05) is 18.0 Å². The number of para-hydroxylation sites is 1. The Morgan fingerprint density at radius 1 is 1.14 bits per heavy atom. The zero-order valence-corrected chi connectivity index (χ0v) is 20.5. The number of carbonyl (C=O) groups excluding carboxylic acids is 1. The number of methoxy groups -OCH3 is 1. The van der Waals surface area contributed by atoms with Crippen LogP contribution in [0.2, 0.25) is 0 Å². The first-order valence-corrected chi connectivity index (χ1v) is 12.0. The molecule has 0 saturated carbocycles. The molecule has 3 aromatic rings. The van der Waals surface area contributed by atoms with Crippen LogP contribution in [0, 0.1) is 17.0 Å². The number of anilines is 1. The third-order valence-corrected chi connectivity index (χ3v) is 7.02. The second-order valence-electron chi connectivity index (χ2n) is 7.66. The predicted octanol–water partition coefficient (Wildman–Crippen LogP) is 3.35. The maximum absolute atomic E-state index is 13.5. The molecule has 0 spiro atoms. The highest BCUT2D eigenvalue weighted by Crippen LogP contribution is 2.29. The Kier molecular flexibility index (Phi) is 7.90. The van der Waals surface area contributed by atoms with Gasteiger partial charge in [0, 0.05) is 17.2 Å². The number of phenols is 1. The van der Waals surface area contributed by atoms with Gasteiger partial charge in [0.05, 0.1) is 28.3 Å². The van der Waals surface area contributed by atoms with E-state index in [1.54, 1.807) is 25.1 Å². The Bertz CT molecular complexity index is 1420. The predicted molar refractivity (Wildman–Crippen MR) is 134 cm³/mol. The molecule has 0 aliphatic heterocycles. The van der Waals surface area contributed by atoms with Gasteiger partial charge in [0.15, 0.2) is 0 Å². The molecule has 2 N–H and O–H groups in total. The molecule has 0 aliphatic carbocycles. The standard InChI is InChI=1S/C24H24N4O7S/c1-16-8-13-20(14-22(16)28(31)32)36(33,34)27(18-9-11-19(35-3)12-10-18)15-24(30)26-25-17(2)21-6-4-5-7-23(21)29/h4-14,29H,15H2,1-3H3,(H,26,30)/b25-17-. The van der Waals surface area contributed by atoms with Gasteiger partial charge in [-0.15, -0.1) is 0 Å². The lowest BCUT2D eigenvalue weighted by atomic mass is 10.1. The molecule has 0 saturated heterocycles. The summed E-state index contributed by atoms with van der Waals surface area (Å²) < 4.78 is 33.0. The Morgan fingerprint density at radius 3 is 2.42 bits per heavy atom. The molecule has 3 rings (SSSR count). The van der Waals surface area contributed by atoms with E-state index in [-0.39, 0.29) is 22.0 Å². The van der Waals surface area contributed by atoms with E-state index in [2.05, 4.69) is 10.5 Å². The number of nitrogens with one attached hydrogen (secondary N) is 1. The normalized spacial score (nSPS) is 11.6. The Balaban J connectivity index is 1.96. The van der Waals surface area contributed by atoms with Gasteiger partial charge in [-0.1, -0.05) is 18.2 Å². The largest absolute Gasteiger partial charge is 0.507 e. The van der Waals surface area contributed by atoms with Crippen molar-refractivity contribution in [3.8, 4) is 11.5 Å². The Hall–Kier alpha value is -4.45. The Morgan fingerprint density at radius 2 is 1.81 bits per heavy atom. The van der Waals surface area contributed by atoms with Crippen LogP contribution in [0.15, 0.2) is 76.7 Å². The third-order valence-electron chi connectivity index (χ3n) is 5.26. The van der Waals surface area contributed by atoms with Crippen molar-refractivity contribution in [2.24, 2.45) is 5.10 Å². The number of hydrogen-bond donors (Lipinski definition) is 2. The zero-order chi connectivity index (χ0) is 26.5. The summed E-state index contributed by atoms with van der Waals surface area (Å²) in [6.07, 6.45) is 0. The van der Waals surface area contributed by atoms with Gasteiger partial charge < -0.3 is 9.84 Å². The van der Waals surface area contributed by atoms with Crippen LogP contribution < -0.4 is 14.5 Å². The van der Waals surface area contributed by atoms with Gasteiger partial charge in [0.1, 0.15) is 18.0 Å². The number of hydrazone groups is 1. The van der Waals surface area contributed by atoms with E-state index in [1.807, 2.05) is 0 Å². The molecule has 188 valence electrons. The van der Waals surface area contributed by atoms with Crippen molar-refractivity contribution >= 4 is 33.0 Å². The van der Waals surface area contributed by atoms with Crippen molar-refractivity contribution in [2.45, 2.75) is 18.7 Å². The highest BCUT2D eigenvalue weighted by atomic mass is 32.2. The monoisotopic (exact) mass is 512 g/mol. The summed E-state index contributed by atoms with van der Waals surface area (Å²) in [5, 5.41) is 25.3. The maximum Gasteiger partial charge on any atom is 0.273 e. The van der Waals surface area contributed by atoms with Gasteiger partial charge in [-0.05, 0) is 56.3 Å². The topological polar surface area (TPSA) is 151 Å². The number of rotatable bonds is 9. The number of ether oxygens (including phenoxy) is 1. The summed E-state index contributed by atoms with van der Waals surface area (Å²) in [7, 11) is -2.95. The van der Waals surface area contributed by atoms with Gasteiger partial charge in [0.25, 0.3) is 21.6 Å². The average molecular weight is 513 g/mol. The second kappa shape index (κ2) is 10.9. The number of nitro groups is 1. The molecule has 0 aromatic heterocycles. The molecule has 1 amide bonds. The molecule has 0 heterocycles.